The van der Waals surface area contributed by atoms with Gasteiger partial charge in [-0.2, -0.15) is 5.90 Å². The molecule has 0 aliphatic rings. The third-order valence-corrected chi connectivity index (χ3v) is 1.42. The summed E-state index contributed by atoms with van der Waals surface area (Å²) >= 11 is 0. The van der Waals surface area contributed by atoms with Crippen LogP contribution >= 0.6 is 0 Å². The second kappa shape index (κ2) is 3.32. The zero-order valence-electron chi connectivity index (χ0n) is 7.00. The third-order valence-electron chi connectivity index (χ3n) is 1.42. The molecule has 0 aliphatic carbocycles. The molecule has 0 saturated heterocycles. The summed E-state index contributed by atoms with van der Waals surface area (Å²) in [6.07, 6.45) is 0. The SMILES string of the molecule is Cc1cc(C(=O)ON)cc(C)n1. The van der Waals surface area contributed by atoms with E-state index in [4.69, 9.17) is 5.90 Å². The Kier molecular flexibility index (Phi) is 2.40. The van der Waals surface area contributed by atoms with E-state index in [9.17, 15) is 4.79 Å². The topological polar surface area (TPSA) is 65.2 Å². The number of nitrogens with zero attached hydrogens (tertiary/aromatic N) is 1. The van der Waals surface area contributed by atoms with Gasteiger partial charge in [-0.25, -0.2) is 4.79 Å². The Balaban J connectivity index is 3.08. The summed E-state index contributed by atoms with van der Waals surface area (Å²) in [5.41, 5.74) is 1.98. The average Bonchev–Trinajstić information content (AvgIpc) is 2.01. The van der Waals surface area contributed by atoms with Gasteiger partial charge in [-0.1, -0.05) is 0 Å². The Morgan fingerprint density at radius 1 is 1.42 bits per heavy atom. The summed E-state index contributed by atoms with van der Waals surface area (Å²) in [6, 6.07) is 3.25. The van der Waals surface area contributed by atoms with E-state index in [1.54, 1.807) is 26.0 Å². The molecule has 0 spiro atoms. The number of pyridine rings is 1. The van der Waals surface area contributed by atoms with E-state index < -0.39 is 5.97 Å². The van der Waals surface area contributed by atoms with Gasteiger partial charge in [0.2, 0.25) is 0 Å². The Morgan fingerprint density at radius 3 is 2.33 bits per heavy atom. The monoisotopic (exact) mass is 166 g/mol. The van der Waals surface area contributed by atoms with Crippen LogP contribution in [-0.4, -0.2) is 11.0 Å². The molecule has 0 saturated carbocycles. The molecule has 0 aromatic carbocycles. The second-order valence-corrected chi connectivity index (χ2v) is 2.54. The molecule has 0 radical (unpaired) electrons. The third kappa shape index (κ3) is 1.79. The van der Waals surface area contributed by atoms with Crippen LogP contribution in [0.25, 0.3) is 0 Å². The number of hydrogen-bond donors (Lipinski definition) is 1. The fourth-order valence-corrected chi connectivity index (χ4v) is 1.02. The lowest BCUT2D eigenvalue weighted by molar-refractivity contribution is 0.0503. The quantitative estimate of drug-likeness (QED) is 0.624. The Labute approximate surface area is 70.3 Å². The lowest BCUT2D eigenvalue weighted by Crippen LogP contribution is -2.10. The van der Waals surface area contributed by atoms with Crippen molar-refractivity contribution in [2.24, 2.45) is 5.90 Å². The van der Waals surface area contributed by atoms with Crippen molar-refractivity contribution in [2.45, 2.75) is 13.8 Å². The molecule has 4 nitrogen and oxygen atoms in total. The minimum Gasteiger partial charge on any atom is -0.370 e. The van der Waals surface area contributed by atoms with Crippen LogP contribution in [0.3, 0.4) is 0 Å². The second-order valence-electron chi connectivity index (χ2n) is 2.54. The standard InChI is InChI=1S/C8H10N2O2/c1-5-3-7(8(11)12-9)4-6(2)10-5/h3-4H,9H2,1-2H3. The lowest BCUT2D eigenvalue weighted by atomic mass is 10.2. The highest BCUT2D eigenvalue weighted by atomic mass is 16.7. The molecule has 0 unspecified atom stereocenters. The zero-order valence-corrected chi connectivity index (χ0v) is 7.00. The van der Waals surface area contributed by atoms with E-state index in [0.29, 0.717) is 5.56 Å². The van der Waals surface area contributed by atoms with E-state index in [0.717, 1.165) is 11.4 Å². The van der Waals surface area contributed by atoms with Crippen LogP contribution in [0.5, 0.6) is 0 Å². The molecule has 0 aliphatic heterocycles. The fraction of sp³-hybridized carbons (Fsp3) is 0.250. The van der Waals surface area contributed by atoms with Crippen molar-refractivity contribution in [3.63, 3.8) is 0 Å². The number of carbonyl (C=O) groups is 1. The fourth-order valence-electron chi connectivity index (χ4n) is 1.02. The van der Waals surface area contributed by atoms with Gasteiger partial charge in [0.1, 0.15) is 0 Å². The van der Waals surface area contributed by atoms with Gasteiger partial charge in [0.15, 0.2) is 0 Å². The van der Waals surface area contributed by atoms with Gasteiger partial charge in [0, 0.05) is 11.4 Å². The van der Waals surface area contributed by atoms with Gasteiger partial charge in [-0.3, -0.25) is 4.98 Å². The van der Waals surface area contributed by atoms with Crippen molar-refractivity contribution in [3.05, 3.63) is 29.1 Å². The number of hydrogen-bond acceptors (Lipinski definition) is 4. The summed E-state index contributed by atoms with van der Waals surface area (Å²) in [6.45, 7) is 3.61. The highest BCUT2D eigenvalue weighted by Crippen LogP contribution is 2.05. The predicted molar refractivity (Wildman–Crippen MR) is 43.3 cm³/mol. The molecular formula is C8H10N2O2. The minimum atomic E-state index is -0.538. The maximum Gasteiger partial charge on any atom is 0.356 e. The Bertz CT molecular complexity index is 290. The van der Waals surface area contributed by atoms with E-state index in [-0.39, 0.29) is 0 Å². The van der Waals surface area contributed by atoms with Gasteiger partial charge in [-0.15, -0.1) is 0 Å². The van der Waals surface area contributed by atoms with Crippen LogP contribution in [-0.2, 0) is 4.84 Å². The number of rotatable bonds is 1. The summed E-state index contributed by atoms with van der Waals surface area (Å²) in [5.74, 6) is 4.20. The van der Waals surface area contributed by atoms with E-state index in [2.05, 4.69) is 9.82 Å². The molecule has 0 bridgehead atoms. The van der Waals surface area contributed by atoms with Crippen molar-refractivity contribution < 1.29 is 9.63 Å². The van der Waals surface area contributed by atoms with Crippen molar-refractivity contribution >= 4 is 5.97 Å². The number of aryl methyl sites for hydroxylation is 2. The summed E-state index contributed by atoms with van der Waals surface area (Å²) < 4.78 is 0. The van der Waals surface area contributed by atoms with Crippen LogP contribution in [0, 0.1) is 13.8 Å². The molecule has 1 aromatic heterocycles. The molecule has 0 atom stereocenters. The smallest absolute Gasteiger partial charge is 0.356 e. The van der Waals surface area contributed by atoms with Gasteiger partial charge in [0.05, 0.1) is 5.56 Å². The lowest BCUT2D eigenvalue weighted by Gasteiger charge is -2.00. The van der Waals surface area contributed by atoms with Gasteiger partial charge in [-0.05, 0) is 26.0 Å². The number of carbonyl (C=O) groups excluding carboxylic acids is 1. The normalized spacial score (nSPS) is 9.58. The average molecular weight is 166 g/mol. The molecule has 1 heterocycles. The maximum atomic E-state index is 10.9. The van der Waals surface area contributed by atoms with Crippen LogP contribution in [0.15, 0.2) is 12.1 Å². The van der Waals surface area contributed by atoms with Crippen molar-refractivity contribution in [1.29, 1.82) is 0 Å². The van der Waals surface area contributed by atoms with Gasteiger partial charge >= 0.3 is 5.97 Å². The molecule has 64 valence electrons. The first-order valence-electron chi connectivity index (χ1n) is 3.50. The summed E-state index contributed by atoms with van der Waals surface area (Å²) in [4.78, 5) is 19.1. The molecule has 2 N–H and O–H groups in total. The zero-order chi connectivity index (χ0) is 9.14. The van der Waals surface area contributed by atoms with Crippen LogP contribution in [0.4, 0.5) is 0 Å². The number of nitrogens with two attached hydrogens (primary N) is 1. The maximum absolute atomic E-state index is 10.9. The van der Waals surface area contributed by atoms with E-state index in [1.807, 2.05) is 0 Å². The highest BCUT2D eigenvalue weighted by Gasteiger charge is 2.06. The van der Waals surface area contributed by atoms with E-state index in [1.165, 1.54) is 0 Å². The van der Waals surface area contributed by atoms with Crippen LogP contribution in [0.1, 0.15) is 21.7 Å². The minimum absolute atomic E-state index is 0.433. The van der Waals surface area contributed by atoms with Crippen molar-refractivity contribution in [3.8, 4) is 0 Å². The van der Waals surface area contributed by atoms with Gasteiger partial charge < -0.3 is 4.84 Å². The highest BCUT2D eigenvalue weighted by molar-refractivity contribution is 5.89. The summed E-state index contributed by atoms with van der Waals surface area (Å²) in [5, 5.41) is 0. The van der Waals surface area contributed by atoms with Crippen LogP contribution < -0.4 is 5.90 Å². The molecular weight excluding hydrogens is 156 g/mol. The van der Waals surface area contributed by atoms with Gasteiger partial charge in [0.25, 0.3) is 0 Å². The first kappa shape index (κ1) is 8.67. The molecule has 0 fully saturated rings. The molecule has 0 amide bonds. The molecule has 12 heavy (non-hydrogen) atoms. The Hall–Kier alpha value is -1.42. The van der Waals surface area contributed by atoms with Crippen molar-refractivity contribution in [1.82, 2.24) is 4.98 Å². The molecule has 1 rings (SSSR count). The number of aromatic nitrogens is 1. The molecule has 1 aromatic rings. The first-order chi connectivity index (χ1) is 5.63. The first-order valence-corrected chi connectivity index (χ1v) is 3.50. The van der Waals surface area contributed by atoms with Crippen molar-refractivity contribution in [2.75, 3.05) is 0 Å². The molecule has 4 heteroatoms. The summed E-state index contributed by atoms with van der Waals surface area (Å²) in [7, 11) is 0. The largest absolute Gasteiger partial charge is 0.370 e. The predicted octanol–water partition coefficient (Wildman–Crippen LogP) is 0.729. The van der Waals surface area contributed by atoms with Crippen LogP contribution in [0.2, 0.25) is 0 Å². The van der Waals surface area contributed by atoms with E-state index >= 15 is 0 Å². The Morgan fingerprint density at radius 2 is 1.92 bits per heavy atom.